The van der Waals surface area contributed by atoms with Crippen molar-refractivity contribution < 1.29 is 9.53 Å². The van der Waals surface area contributed by atoms with E-state index in [4.69, 9.17) is 16.3 Å². The molecule has 2 aromatic rings. The Kier molecular flexibility index (Phi) is 4.68. The summed E-state index contributed by atoms with van der Waals surface area (Å²) in [5.41, 5.74) is 1.29. The van der Waals surface area contributed by atoms with Crippen LogP contribution < -0.4 is 5.32 Å². The molecule has 3 rings (SSSR count). The summed E-state index contributed by atoms with van der Waals surface area (Å²) < 4.78 is 9.20. The number of aryl methyl sites for hydroxylation is 2. The number of ether oxygens (including phenoxy) is 1. The number of aromatic nitrogens is 4. The van der Waals surface area contributed by atoms with E-state index in [1.807, 2.05) is 17.8 Å². The molecule has 23 heavy (non-hydrogen) atoms. The van der Waals surface area contributed by atoms with Crippen LogP contribution in [0.5, 0.6) is 0 Å². The summed E-state index contributed by atoms with van der Waals surface area (Å²) in [6.45, 7) is 3.52. The first-order valence-corrected chi connectivity index (χ1v) is 8.10. The molecule has 0 bridgehead atoms. The first kappa shape index (κ1) is 16.0. The van der Waals surface area contributed by atoms with Gasteiger partial charge < -0.3 is 10.1 Å². The van der Waals surface area contributed by atoms with Crippen LogP contribution >= 0.6 is 11.6 Å². The van der Waals surface area contributed by atoms with E-state index in [0.29, 0.717) is 17.5 Å². The Morgan fingerprint density at radius 3 is 3.04 bits per heavy atom. The minimum absolute atomic E-state index is 0.105. The molecule has 1 aliphatic heterocycles. The third-order valence-corrected chi connectivity index (χ3v) is 4.35. The fourth-order valence-corrected chi connectivity index (χ4v) is 2.90. The number of nitrogens with zero attached hydrogens (tertiary/aromatic N) is 4. The van der Waals surface area contributed by atoms with Gasteiger partial charge in [-0.2, -0.15) is 10.2 Å². The van der Waals surface area contributed by atoms with Crippen molar-refractivity contribution in [2.75, 3.05) is 6.61 Å². The number of nitrogens with one attached hydrogen (secondary N) is 1. The van der Waals surface area contributed by atoms with Gasteiger partial charge in [-0.15, -0.1) is 0 Å². The van der Waals surface area contributed by atoms with Crippen LogP contribution in [0, 0.1) is 0 Å². The van der Waals surface area contributed by atoms with Crippen LogP contribution in [-0.4, -0.2) is 38.1 Å². The van der Waals surface area contributed by atoms with Crippen molar-refractivity contribution in [1.82, 2.24) is 24.9 Å². The maximum atomic E-state index is 12.4. The van der Waals surface area contributed by atoms with Gasteiger partial charge in [0.25, 0.3) is 5.91 Å². The zero-order chi connectivity index (χ0) is 16.4. The van der Waals surface area contributed by atoms with E-state index in [9.17, 15) is 4.79 Å². The normalized spacial score (nSPS) is 21.3. The Hall–Kier alpha value is -1.86. The summed E-state index contributed by atoms with van der Waals surface area (Å²) >= 11 is 5.94. The number of carbonyl (C=O) groups excluding carboxylic acids is 1. The Morgan fingerprint density at radius 1 is 1.57 bits per heavy atom. The second kappa shape index (κ2) is 6.72. The third kappa shape index (κ3) is 3.40. The molecule has 1 fully saturated rings. The van der Waals surface area contributed by atoms with Gasteiger partial charge in [-0.25, -0.2) is 0 Å². The first-order valence-electron chi connectivity index (χ1n) is 7.73. The fraction of sp³-hybridized carbons (Fsp3) is 0.533. The molecule has 0 radical (unpaired) electrons. The van der Waals surface area contributed by atoms with Gasteiger partial charge in [0.1, 0.15) is 11.3 Å². The molecule has 8 heteroatoms. The smallest absolute Gasteiger partial charge is 0.272 e. The monoisotopic (exact) mass is 337 g/mol. The second-order valence-corrected chi connectivity index (χ2v) is 6.01. The summed E-state index contributed by atoms with van der Waals surface area (Å²) in [5.74, 6) is -0.240. The molecule has 2 atom stereocenters. The van der Waals surface area contributed by atoms with E-state index in [1.165, 1.54) is 4.68 Å². The van der Waals surface area contributed by atoms with Crippen LogP contribution in [0.4, 0.5) is 0 Å². The van der Waals surface area contributed by atoms with Gasteiger partial charge >= 0.3 is 0 Å². The number of amides is 1. The number of carbonyl (C=O) groups is 1. The molecular formula is C15H20ClN5O2. The summed E-state index contributed by atoms with van der Waals surface area (Å²) in [6.07, 6.45) is 5.34. The van der Waals surface area contributed by atoms with E-state index < -0.39 is 0 Å². The molecule has 1 N–H and O–H groups in total. The topological polar surface area (TPSA) is 74.0 Å². The highest BCUT2D eigenvalue weighted by molar-refractivity contribution is 6.29. The highest BCUT2D eigenvalue weighted by Gasteiger charge is 2.30. The van der Waals surface area contributed by atoms with Gasteiger partial charge in [0, 0.05) is 38.0 Å². The van der Waals surface area contributed by atoms with Crippen LogP contribution in [0.15, 0.2) is 18.5 Å². The molecule has 0 spiro atoms. The molecule has 1 aliphatic rings. The predicted octanol–water partition coefficient (Wildman–Crippen LogP) is 1.94. The predicted molar refractivity (Wildman–Crippen MR) is 85.3 cm³/mol. The molecule has 0 aliphatic carbocycles. The van der Waals surface area contributed by atoms with Crippen molar-refractivity contribution in [1.29, 1.82) is 0 Å². The van der Waals surface area contributed by atoms with Crippen LogP contribution in [0.2, 0.25) is 5.15 Å². The van der Waals surface area contributed by atoms with Crippen molar-refractivity contribution in [3.63, 3.8) is 0 Å². The molecule has 1 amide bonds. The van der Waals surface area contributed by atoms with E-state index in [0.717, 1.165) is 24.9 Å². The summed E-state index contributed by atoms with van der Waals surface area (Å²) in [4.78, 5) is 12.4. The van der Waals surface area contributed by atoms with Crippen molar-refractivity contribution in [3.8, 4) is 0 Å². The van der Waals surface area contributed by atoms with E-state index in [-0.39, 0.29) is 18.1 Å². The van der Waals surface area contributed by atoms with Crippen LogP contribution in [0.25, 0.3) is 0 Å². The maximum Gasteiger partial charge on any atom is 0.272 e. The lowest BCUT2D eigenvalue weighted by Gasteiger charge is -2.31. The molecule has 0 unspecified atom stereocenters. The highest BCUT2D eigenvalue weighted by Crippen LogP contribution is 2.28. The zero-order valence-corrected chi connectivity index (χ0v) is 14.0. The minimum Gasteiger partial charge on any atom is -0.371 e. The lowest BCUT2D eigenvalue weighted by Crippen LogP contribution is -2.42. The Balaban J connectivity index is 1.74. The number of halogens is 1. The van der Waals surface area contributed by atoms with Gasteiger partial charge in [0.05, 0.1) is 12.2 Å². The van der Waals surface area contributed by atoms with E-state index in [2.05, 4.69) is 15.5 Å². The van der Waals surface area contributed by atoms with E-state index in [1.54, 1.807) is 19.3 Å². The molecule has 2 aromatic heterocycles. The molecular weight excluding hydrogens is 318 g/mol. The molecule has 124 valence electrons. The van der Waals surface area contributed by atoms with E-state index >= 15 is 0 Å². The molecule has 0 aromatic carbocycles. The highest BCUT2D eigenvalue weighted by atomic mass is 35.5. The van der Waals surface area contributed by atoms with Crippen LogP contribution in [0.3, 0.4) is 0 Å². The first-order chi connectivity index (χ1) is 11.1. The van der Waals surface area contributed by atoms with Gasteiger partial charge in [0.15, 0.2) is 5.69 Å². The van der Waals surface area contributed by atoms with Gasteiger partial charge in [0.2, 0.25) is 0 Å². The lowest BCUT2D eigenvalue weighted by atomic mass is 9.98. The van der Waals surface area contributed by atoms with Crippen molar-refractivity contribution >= 4 is 17.5 Å². The average Bonchev–Trinajstić information content (AvgIpc) is 3.15. The minimum atomic E-state index is -0.240. The Bertz CT molecular complexity index is 676. The number of rotatable bonds is 4. The molecule has 0 saturated carbocycles. The summed E-state index contributed by atoms with van der Waals surface area (Å²) in [7, 11) is 1.70. The second-order valence-electron chi connectivity index (χ2n) is 5.62. The summed E-state index contributed by atoms with van der Waals surface area (Å²) in [6, 6.07) is 1.46. The van der Waals surface area contributed by atoms with Gasteiger partial charge in [-0.3, -0.25) is 14.2 Å². The lowest BCUT2D eigenvalue weighted by molar-refractivity contribution is -0.00956. The molecule has 7 nitrogen and oxygen atoms in total. The fourth-order valence-electron chi connectivity index (χ4n) is 2.75. The van der Waals surface area contributed by atoms with Gasteiger partial charge in [-0.1, -0.05) is 11.6 Å². The number of hydrogen-bond donors (Lipinski definition) is 1. The maximum absolute atomic E-state index is 12.4. The van der Waals surface area contributed by atoms with Crippen LogP contribution in [-0.2, 0) is 18.3 Å². The standard InChI is InChI=1S/C15H20ClN5O2/c1-3-21-9-10(8-17-21)14-11(5-4-6-23-14)18-15(22)12-7-13(16)20(2)19-12/h7-9,11,14H,3-6H2,1-2H3,(H,18,22)/t11-,14+/m0/s1. The molecule has 1 saturated heterocycles. The Morgan fingerprint density at radius 2 is 2.39 bits per heavy atom. The van der Waals surface area contributed by atoms with Crippen molar-refractivity contribution in [2.45, 2.75) is 38.5 Å². The van der Waals surface area contributed by atoms with Crippen LogP contribution in [0.1, 0.15) is 41.9 Å². The average molecular weight is 338 g/mol. The summed E-state index contributed by atoms with van der Waals surface area (Å²) in [5, 5.41) is 11.8. The number of hydrogen-bond acceptors (Lipinski definition) is 4. The SMILES string of the molecule is CCn1cc([C@H]2OCCC[C@@H]2NC(=O)c2cc(Cl)n(C)n2)cn1. The largest absolute Gasteiger partial charge is 0.371 e. The van der Waals surface area contributed by atoms with Crippen molar-refractivity contribution in [2.24, 2.45) is 7.05 Å². The zero-order valence-electron chi connectivity index (χ0n) is 13.2. The Labute approximate surface area is 139 Å². The van der Waals surface area contributed by atoms with Crippen molar-refractivity contribution in [3.05, 3.63) is 34.9 Å². The molecule has 3 heterocycles. The third-order valence-electron chi connectivity index (χ3n) is 4.00. The van der Waals surface area contributed by atoms with Gasteiger partial charge in [-0.05, 0) is 19.8 Å². The quantitative estimate of drug-likeness (QED) is 0.925.